The van der Waals surface area contributed by atoms with E-state index < -0.39 is 0 Å². The Balaban J connectivity index is 2.14. The SMILES string of the molecule is C[C@@H](O)CNCc1ncc[nH]1. The molecule has 0 aliphatic carbocycles. The van der Waals surface area contributed by atoms with Crippen LogP contribution < -0.4 is 5.32 Å². The van der Waals surface area contributed by atoms with Crippen molar-refractivity contribution in [2.75, 3.05) is 6.54 Å². The van der Waals surface area contributed by atoms with Crippen molar-refractivity contribution in [3.05, 3.63) is 18.2 Å². The molecule has 0 aliphatic rings. The topological polar surface area (TPSA) is 60.9 Å². The van der Waals surface area contributed by atoms with Gasteiger partial charge in [-0.1, -0.05) is 0 Å². The summed E-state index contributed by atoms with van der Waals surface area (Å²) in [5.41, 5.74) is 0. The van der Waals surface area contributed by atoms with Gasteiger partial charge in [0.1, 0.15) is 5.82 Å². The maximum absolute atomic E-state index is 8.89. The molecule has 0 spiro atoms. The summed E-state index contributed by atoms with van der Waals surface area (Å²) in [6.45, 7) is 3.02. The minimum atomic E-state index is -0.301. The molecule has 1 rings (SSSR count). The van der Waals surface area contributed by atoms with Gasteiger partial charge in [0.05, 0.1) is 12.6 Å². The Morgan fingerprint density at radius 3 is 3.18 bits per heavy atom. The second-order valence-corrected chi connectivity index (χ2v) is 2.52. The van der Waals surface area contributed by atoms with Gasteiger partial charge in [0, 0.05) is 18.9 Å². The summed E-state index contributed by atoms with van der Waals surface area (Å²) >= 11 is 0. The summed E-state index contributed by atoms with van der Waals surface area (Å²) in [6, 6.07) is 0. The minimum absolute atomic E-state index is 0.301. The van der Waals surface area contributed by atoms with Gasteiger partial charge in [-0.3, -0.25) is 0 Å². The summed E-state index contributed by atoms with van der Waals surface area (Å²) in [7, 11) is 0. The number of H-pyrrole nitrogens is 1. The number of nitrogens with one attached hydrogen (secondary N) is 2. The summed E-state index contributed by atoms with van der Waals surface area (Å²) < 4.78 is 0. The van der Waals surface area contributed by atoms with Crippen molar-refractivity contribution in [1.29, 1.82) is 0 Å². The maximum Gasteiger partial charge on any atom is 0.120 e. The van der Waals surface area contributed by atoms with E-state index in [9.17, 15) is 0 Å². The smallest absolute Gasteiger partial charge is 0.120 e. The molecule has 0 amide bonds. The van der Waals surface area contributed by atoms with E-state index >= 15 is 0 Å². The van der Waals surface area contributed by atoms with Crippen molar-refractivity contribution in [3.8, 4) is 0 Å². The Bertz CT molecular complexity index is 184. The van der Waals surface area contributed by atoms with Crippen molar-refractivity contribution in [1.82, 2.24) is 15.3 Å². The van der Waals surface area contributed by atoms with Crippen LogP contribution >= 0.6 is 0 Å². The number of aliphatic hydroxyl groups is 1. The second-order valence-electron chi connectivity index (χ2n) is 2.52. The van der Waals surface area contributed by atoms with Gasteiger partial charge in [0.25, 0.3) is 0 Å². The third-order valence-electron chi connectivity index (χ3n) is 1.29. The summed E-state index contributed by atoms with van der Waals surface area (Å²) in [5, 5.41) is 11.9. The largest absolute Gasteiger partial charge is 0.392 e. The number of imidazole rings is 1. The van der Waals surface area contributed by atoms with Gasteiger partial charge >= 0.3 is 0 Å². The van der Waals surface area contributed by atoms with Gasteiger partial charge in [-0.25, -0.2) is 4.98 Å². The lowest BCUT2D eigenvalue weighted by Crippen LogP contribution is -2.24. The first-order chi connectivity index (χ1) is 5.29. The fourth-order valence-corrected chi connectivity index (χ4v) is 0.794. The lowest BCUT2D eigenvalue weighted by Gasteiger charge is -2.03. The number of aliphatic hydroxyl groups excluding tert-OH is 1. The lowest BCUT2D eigenvalue weighted by atomic mass is 10.4. The van der Waals surface area contributed by atoms with Crippen LogP contribution in [0.25, 0.3) is 0 Å². The molecular formula is C7H13N3O. The van der Waals surface area contributed by atoms with Crippen LogP contribution in [0.3, 0.4) is 0 Å². The molecule has 1 aromatic heterocycles. The first-order valence-electron chi connectivity index (χ1n) is 3.66. The van der Waals surface area contributed by atoms with E-state index in [1.54, 1.807) is 19.3 Å². The van der Waals surface area contributed by atoms with Crippen LogP contribution in [0, 0.1) is 0 Å². The minimum Gasteiger partial charge on any atom is -0.392 e. The number of hydrogen-bond donors (Lipinski definition) is 3. The summed E-state index contributed by atoms with van der Waals surface area (Å²) in [5.74, 6) is 0.894. The highest BCUT2D eigenvalue weighted by molar-refractivity contribution is 4.85. The highest BCUT2D eigenvalue weighted by Gasteiger charge is 1.95. The van der Waals surface area contributed by atoms with Gasteiger partial charge in [0.15, 0.2) is 0 Å². The first-order valence-corrected chi connectivity index (χ1v) is 3.66. The molecule has 1 heterocycles. The van der Waals surface area contributed by atoms with E-state index in [0.29, 0.717) is 13.1 Å². The third-order valence-corrected chi connectivity index (χ3v) is 1.29. The number of rotatable bonds is 4. The molecule has 0 unspecified atom stereocenters. The average Bonchev–Trinajstić information content (AvgIpc) is 2.39. The Morgan fingerprint density at radius 1 is 1.82 bits per heavy atom. The van der Waals surface area contributed by atoms with Crippen molar-refractivity contribution in [2.24, 2.45) is 0 Å². The Kier molecular flexibility index (Phi) is 3.07. The van der Waals surface area contributed by atoms with Gasteiger partial charge in [0.2, 0.25) is 0 Å². The number of aromatic nitrogens is 2. The third kappa shape index (κ3) is 3.15. The van der Waals surface area contributed by atoms with Gasteiger partial charge in [-0.05, 0) is 6.92 Å². The zero-order chi connectivity index (χ0) is 8.10. The van der Waals surface area contributed by atoms with E-state index in [1.807, 2.05) is 0 Å². The molecule has 11 heavy (non-hydrogen) atoms. The zero-order valence-corrected chi connectivity index (χ0v) is 6.54. The van der Waals surface area contributed by atoms with Crippen molar-refractivity contribution < 1.29 is 5.11 Å². The van der Waals surface area contributed by atoms with E-state index in [-0.39, 0.29) is 6.10 Å². The molecule has 1 aromatic rings. The fourth-order valence-electron chi connectivity index (χ4n) is 0.794. The number of nitrogens with zero attached hydrogens (tertiary/aromatic N) is 1. The Labute approximate surface area is 65.7 Å². The quantitative estimate of drug-likeness (QED) is 0.568. The number of aromatic amines is 1. The Hall–Kier alpha value is -0.870. The number of hydrogen-bond acceptors (Lipinski definition) is 3. The molecule has 4 heteroatoms. The summed E-state index contributed by atoms with van der Waals surface area (Å²) in [6.07, 6.45) is 3.18. The molecule has 0 radical (unpaired) electrons. The van der Waals surface area contributed by atoms with Crippen LogP contribution in [0.4, 0.5) is 0 Å². The molecule has 0 aliphatic heterocycles. The molecule has 0 saturated carbocycles. The van der Waals surface area contributed by atoms with Crippen LogP contribution in [0.2, 0.25) is 0 Å². The maximum atomic E-state index is 8.89. The van der Waals surface area contributed by atoms with Crippen molar-refractivity contribution in [2.45, 2.75) is 19.6 Å². The molecular weight excluding hydrogens is 142 g/mol. The monoisotopic (exact) mass is 155 g/mol. The molecule has 0 saturated heterocycles. The van der Waals surface area contributed by atoms with Gasteiger partial charge < -0.3 is 15.4 Å². The van der Waals surface area contributed by atoms with Gasteiger partial charge in [-0.15, -0.1) is 0 Å². The van der Waals surface area contributed by atoms with Crippen LogP contribution in [0.1, 0.15) is 12.7 Å². The second kappa shape index (κ2) is 4.10. The summed E-state index contributed by atoms with van der Waals surface area (Å²) in [4.78, 5) is 6.97. The van der Waals surface area contributed by atoms with Crippen LogP contribution in [-0.2, 0) is 6.54 Å². The van der Waals surface area contributed by atoms with E-state index in [1.165, 1.54) is 0 Å². The normalized spacial score (nSPS) is 13.3. The first kappa shape index (κ1) is 8.23. The molecule has 0 bridgehead atoms. The molecule has 1 atom stereocenters. The predicted molar refractivity (Wildman–Crippen MR) is 42.0 cm³/mol. The lowest BCUT2D eigenvalue weighted by molar-refractivity contribution is 0.190. The highest BCUT2D eigenvalue weighted by Crippen LogP contribution is 1.86. The van der Waals surface area contributed by atoms with Crippen LogP contribution in [0.5, 0.6) is 0 Å². The predicted octanol–water partition coefficient (Wildman–Crippen LogP) is -0.120. The van der Waals surface area contributed by atoms with E-state index in [0.717, 1.165) is 5.82 Å². The fraction of sp³-hybridized carbons (Fsp3) is 0.571. The van der Waals surface area contributed by atoms with E-state index in [4.69, 9.17) is 5.11 Å². The molecule has 62 valence electrons. The van der Waals surface area contributed by atoms with Crippen LogP contribution in [-0.4, -0.2) is 27.7 Å². The zero-order valence-electron chi connectivity index (χ0n) is 6.54. The van der Waals surface area contributed by atoms with Crippen molar-refractivity contribution in [3.63, 3.8) is 0 Å². The molecule has 0 aromatic carbocycles. The molecule has 0 fully saturated rings. The molecule has 4 nitrogen and oxygen atoms in total. The average molecular weight is 155 g/mol. The van der Waals surface area contributed by atoms with Crippen LogP contribution in [0.15, 0.2) is 12.4 Å². The van der Waals surface area contributed by atoms with Gasteiger partial charge in [-0.2, -0.15) is 0 Å². The standard InChI is InChI=1S/C7H13N3O/c1-6(11)4-8-5-7-9-2-3-10-7/h2-3,6,8,11H,4-5H2,1H3,(H,9,10)/t6-/m1/s1. The molecule has 3 N–H and O–H groups in total. The van der Waals surface area contributed by atoms with Crippen molar-refractivity contribution >= 4 is 0 Å². The van der Waals surface area contributed by atoms with E-state index in [2.05, 4.69) is 15.3 Å². The highest BCUT2D eigenvalue weighted by atomic mass is 16.3. The Morgan fingerprint density at radius 2 is 2.64 bits per heavy atom.